The lowest BCUT2D eigenvalue weighted by Gasteiger charge is -2.35. The first-order chi connectivity index (χ1) is 16.7. The highest BCUT2D eigenvalue weighted by Gasteiger charge is 2.30. The standard InChI is InChI=1S/C28H34N4O3/c1-19-4-7-23(16-25(19)31-27(34)30-24-12-15-35-28(2,3)17-24)26(33)32-13-10-22(11-14-32)21-8-5-20(18-29)6-9-21/h4-9,16,22,24H,10-15,17H2,1-3H3,(H2,30,31,34). The van der Waals surface area contributed by atoms with E-state index in [1.165, 1.54) is 5.56 Å². The first-order valence-electron chi connectivity index (χ1n) is 12.4. The van der Waals surface area contributed by atoms with Gasteiger partial charge in [0.15, 0.2) is 0 Å². The van der Waals surface area contributed by atoms with Crippen LogP contribution in [0.4, 0.5) is 10.5 Å². The minimum absolute atomic E-state index is 0.0158. The number of nitrogens with zero attached hydrogens (tertiary/aromatic N) is 2. The summed E-state index contributed by atoms with van der Waals surface area (Å²) in [6.45, 7) is 7.98. The highest BCUT2D eigenvalue weighted by molar-refractivity contribution is 5.97. The number of anilines is 1. The second-order valence-electron chi connectivity index (χ2n) is 10.2. The second kappa shape index (κ2) is 10.5. The van der Waals surface area contributed by atoms with Crippen LogP contribution in [0.3, 0.4) is 0 Å². The van der Waals surface area contributed by atoms with E-state index in [-0.39, 0.29) is 23.6 Å². The largest absolute Gasteiger partial charge is 0.375 e. The molecule has 2 saturated heterocycles. The zero-order valence-corrected chi connectivity index (χ0v) is 20.8. The number of nitrogens with one attached hydrogen (secondary N) is 2. The lowest BCUT2D eigenvalue weighted by Crippen LogP contribution is -2.47. The maximum Gasteiger partial charge on any atom is 0.319 e. The Hall–Kier alpha value is -3.37. The summed E-state index contributed by atoms with van der Waals surface area (Å²) < 4.78 is 5.73. The number of rotatable bonds is 4. The molecule has 4 rings (SSSR count). The number of carbonyl (C=O) groups excluding carboxylic acids is 2. The van der Waals surface area contributed by atoms with Crippen LogP contribution in [0.25, 0.3) is 0 Å². The van der Waals surface area contributed by atoms with E-state index < -0.39 is 0 Å². The van der Waals surface area contributed by atoms with E-state index in [4.69, 9.17) is 10.00 Å². The topological polar surface area (TPSA) is 94.5 Å². The molecule has 3 amide bonds. The van der Waals surface area contributed by atoms with Crippen LogP contribution in [0.15, 0.2) is 42.5 Å². The van der Waals surface area contributed by atoms with Crippen LogP contribution in [0.1, 0.15) is 72.5 Å². The van der Waals surface area contributed by atoms with Crippen LogP contribution in [-0.2, 0) is 4.74 Å². The average molecular weight is 475 g/mol. The summed E-state index contributed by atoms with van der Waals surface area (Å²) in [5.41, 5.74) is 3.77. The van der Waals surface area contributed by atoms with Gasteiger partial charge >= 0.3 is 6.03 Å². The van der Waals surface area contributed by atoms with E-state index in [1.54, 1.807) is 6.07 Å². The van der Waals surface area contributed by atoms with Crippen LogP contribution < -0.4 is 10.6 Å². The van der Waals surface area contributed by atoms with Crippen molar-refractivity contribution in [1.82, 2.24) is 10.2 Å². The van der Waals surface area contributed by atoms with Gasteiger partial charge in [0.05, 0.1) is 17.2 Å². The van der Waals surface area contributed by atoms with Crippen molar-refractivity contribution >= 4 is 17.6 Å². The molecule has 2 aliphatic heterocycles. The van der Waals surface area contributed by atoms with Crippen LogP contribution in [0.2, 0.25) is 0 Å². The van der Waals surface area contributed by atoms with Crippen LogP contribution in [0, 0.1) is 18.3 Å². The Morgan fingerprint density at radius 3 is 2.46 bits per heavy atom. The van der Waals surface area contributed by atoms with Crippen molar-refractivity contribution in [3.8, 4) is 6.07 Å². The molecule has 7 heteroatoms. The van der Waals surface area contributed by atoms with Gasteiger partial charge in [0.25, 0.3) is 5.91 Å². The molecule has 0 aliphatic carbocycles. The third-order valence-corrected chi connectivity index (χ3v) is 7.06. The van der Waals surface area contributed by atoms with Crippen molar-refractivity contribution in [2.24, 2.45) is 0 Å². The molecular formula is C28H34N4O3. The van der Waals surface area contributed by atoms with Gasteiger partial charge in [-0.1, -0.05) is 18.2 Å². The molecule has 0 saturated carbocycles. The molecule has 2 N–H and O–H groups in total. The number of aryl methyl sites for hydroxylation is 1. The summed E-state index contributed by atoms with van der Waals surface area (Å²) in [5.74, 6) is 0.374. The molecule has 2 aromatic carbocycles. The Kier molecular flexibility index (Phi) is 7.42. The number of carbonyl (C=O) groups is 2. The molecule has 2 heterocycles. The first-order valence-corrected chi connectivity index (χ1v) is 12.4. The molecule has 184 valence electrons. The Balaban J connectivity index is 1.35. The normalized spacial score (nSPS) is 20.1. The molecule has 2 aromatic rings. The first kappa shape index (κ1) is 24.7. The molecule has 0 radical (unpaired) electrons. The van der Waals surface area contributed by atoms with E-state index in [0.717, 1.165) is 31.2 Å². The zero-order chi connectivity index (χ0) is 25.0. The van der Waals surface area contributed by atoms with Crippen LogP contribution in [-0.4, -0.2) is 48.2 Å². The Morgan fingerprint density at radius 2 is 1.80 bits per heavy atom. The second-order valence-corrected chi connectivity index (χ2v) is 10.2. The predicted octanol–water partition coefficient (Wildman–Crippen LogP) is 4.97. The molecule has 0 aromatic heterocycles. The van der Waals surface area contributed by atoms with E-state index in [9.17, 15) is 9.59 Å². The Labute approximate surface area is 207 Å². The zero-order valence-electron chi connectivity index (χ0n) is 20.8. The fourth-order valence-corrected chi connectivity index (χ4v) is 5.02. The summed E-state index contributed by atoms with van der Waals surface area (Å²) in [6, 6.07) is 15.2. The van der Waals surface area contributed by atoms with Gasteiger partial charge in [-0.3, -0.25) is 4.79 Å². The molecule has 7 nitrogen and oxygen atoms in total. The average Bonchev–Trinajstić information content (AvgIpc) is 2.84. The Morgan fingerprint density at radius 1 is 1.09 bits per heavy atom. The fourth-order valence-electron chi connectivity index (χ4n) is 5.02. The maximum absolute atomic E-state index is 13.2. The van der Waals surface area contributed by atoms with E-state index in [1.807, 2.05) is 62.1 Å². The van der Waals surface area contributed by atoms with Gasteiger partial charge in [0.2, 0.25) is 0 Å². The highest BCUT2D eigenvalue weighted by atomic mass is 16.5. The van der Waals surface area contributed by atoms with Crippen molar-refractivity contribution in [1.29, 1.82) is 5.26 Å². The number of nitriles is 1. The number of likely N-dealkylation sites (tertiary alicyclic amines) is 1. The lowest BCUT2D eigenvalue weighted by atomic mass is 9.89. The molecule has 0 bridgehead atoms. The van der Waals surface area contributed by atoms with E-state index in [0.29, 0.717) is 42.4 Å². The maximum atomic E-state index is 13.2. The minimum Gasteiger partial charge on any atom is -0.375 e. The van der Waals surface area contributed by atoms with Crippen molar-refractivity contribution < 1.29 is 14.3 Å². The van der Waals surface area contributed by atoms with Crippen molar-refractivity contribution in [3.05, 3.63) is 64.7 Å². The summed E-state index contributed by atoms with van der Waals surface area (Å²) in [4.78, 5) is 27.8. The highest BCUT2D eigenvalue weighted by Crippen LogP contribution is 2.29. The van der Waals surface area contributed by atoms with Crippen molar-refractivity contribution in [2.45, 2.75) is 64.0 Å². The van der Waals surface area contributed by atoms with E-state index in [2.05, 4.69) is 16.7 Å². The molecule has 2 aliphatic rings. The molecule has 0 spiro atoms. The summed E-state index contributed by atoms with van der Waals surface area (Å²) in [7, 11) is 0. The number of hydrogen-bond acceptors (Lipinski definition) is 4. The summed E-state index contributed by atoms with van der Waals surface area (Å²) in [5, 5.41) is 15.0. The molecule has 35 heavy (non-hydrogen) atoms. The molecule has 2 fully saturated rings. The van der Waals surface area contributed by atoms with Gasteiger partial charge < -0.3 is 20.3 Å². The number of benzene rings is 2. The molecule has 1 unspecified atom stereocenters. The molecule has 1 atom stereocenters. The SMILES string of the molecule is Cc1ccc(C(=O)N2CCC(c3ccc(C#N)cc3)CC2)cc1NC(=O)NC1CCOC(C)(C)C1. The minimum atomic E-state index is -0.261. The number of amides is 3. The van der Waals surface area contributed by atoms with Gasteiger partial charge in [-0.25, -0.2) is 4.79 Å². The van der Waals surface area contributed by atoms with Gasteiger partial charge in [-0.15, -0.1) is 0 Å². The fraction of sp³-hybridized carbons (Fsp3) is 0.464. The van der Waals surface area contributed by atoms with Crippen LogP contribution in [0.5, 0.6) is 0 Å². The van der Waals surface area contributed by atoms with Gasteiger partial charge in [0, 0.05) is 37.0 Å². The van der Waals surface area contributed by atoms with Gasteiger partial charge in [-0.05, 0) is 87.8 Å². The molecular weight excluding hydrogens is 440 g/mol. The monoisotopic (exact) mass is 474 g/mol. The third kappa shape index (κ3) is 6.20. The van der Waals surface area contributed by atoms with Crippen molar-refractivity contribution in [2.75, 3.05) is 25.0 Å². The smallest absolute Gasteiger partial charge is 0.319 e. The van der Waals surface area contributed by atoms with Crippen molar-refractivity contribution in [3.63, 3.8) is 0 Å². The van der Waals surface area contributed by atoms with E-state index >= 15 is 0 Å². The van der Waals surface area contributed by atoms with Gasteiger partial charge in [-0.2, -0.15) is 5.26 Å². The predicted molar refractivity (Wildman–Crippen MR) is 135 cm³/mol. The number of piperidine rings is 1. The third-order valence-electron chi connectivity index (χ3n) is 7.06. The Bertz CT molecular complexity index is 1110. The van der Waals surface area contributed by atoms with Crippen LogP contribution >= 0.6 is 0 Å². The quantitative estimate of drug-likeness (QED) is 0.654. The lowest BCUT2D eigenvalue weighted by molar-refractivity contribution is -0.0609. The number of urea groups is 1. The number of ether oxygens (including phenoxy) is 1. The number of hydrogen-bond donors (Lipinski definition) is 2. The van der Waals surface area contributed by atoms with Gasteiger partial charge in [0.1, 0.15) is 0 Å². The summed E-state index contributed by atoms with van der Waals surface area (Å²) in [6.07, 6.45) is 3.32. The summed E-state index contributed by atoms with van der Waals surface area (Å²) >= 11 is 0.